The van der Waals surface area contributed by atoms with Crippen LogP contribution in [0.4, 0.5) is 11.4 Å². The number of amides is 8. The summed E-state index contributed by atoms with van der Waals surface area (Å²) in [6.45, 7) is -11.3. The van der Waals surface area contributed by atoms with E-state index in [1.165, 1.54) is 0 Å². The minimum absolute atomic E-state index is 0.0577. The molecule has 0 heterocycles. The van der Waals surface area contributed by atoms with E-state index in [-0.39, 0.29) is 68.1 Å². The summed E-state index contributed by atoms with van der Waals surface area (Å²) in [5.41, 5.74) is -0.834. The minimum atomic E-state index is -1.48. The van der Waals surface area contributed by atoms with Crippen LogP contribution in [0.15, 0.2) is 0 Å². The molecule has 39 heteroatoms. The quantitative estimate of drug-likeness (QED) is 0.0169. The molecule has 20 N–H and O–H groups in total. The highest BCUT2D eigenvalue weighted by Crippen LogP contribution is 2.37. The SMILES string of the molecule is O=C(O)CNCC[N+](CCN(CC(=O)O)CC(=O)NCC(=O)Nc1c(I)c(C(=O)NCC(O)CO)c(I)c(C(=O)NCC(O)CO)c1I)(CC(=O)O)CC(=O)NCC(=O)Nc1c(I)c(C(=O)NCC(O)CO)c(I)c(C(=O)NCC(O)CO)c1I. The zero-order valence-corrected chi connectivity index (χ0v) is 57.3. The lowest BCUT2D eigenvalue weighted by atomic mass is 10.1. The van der Waals surface area contributed by atoms with E-state index in [0.717, 1.165) is 4.90 Å². The van der Waals surface area contributed by atoms with Crippen LogP contribution in [0.2, 0.25) is 0 Å². The number of benzene rings is 2. The number of hydrogen-bond acceptors (Lipinski definition) is 21. The Labute approximate surface area is 565 Å². The molecular formula is C46H62I6N11O22+. The number of rotatable bonds is 38. The number of nitrogens with one attached hydrogen (secondary N) is 9. The number of nitrogens with zero attached hydrogens (tertiary/aromatic N) is 2. The van der Waals surface area contributed by atoms with Crippen molar-refractivity contribution in [3.05, 3.63) is 43.7 Å². The van der Waals surface area contributed by atoms with Gasteiger partial charge in [0.1, 0.15) is 0 Å². The average Bonchev–Trinajstić information content (AvgIpc) is 1.04. The Morgan fingerprint density at radius 3 is 1.08 bits per heavy atom. The smallest absolute Gasteiger partial charge is 0.359 e. The lowest BCUT2D eigenvalue weighted by molar-refractivity contribution is -0.912. The molecule has 0 fully saturated rings. The molecule has 2 aromatic carbocycles. The first kappa shape index (κ1) is 77.6. The van der Waals surface area contributed by atoms with Gasteiger partial charge in [0, 0.05) is 46.4 Å². The third kappa shape index (κ3) is 25.9. The molecule has 33 nitrogen and oxygen atoms in total. The molecular weight excluding hydrogens is 1820 g/mol. The summed E-state index contributed by atoms with van der Waals surface area (Å²) in [4.78, 5) is 145. The highest BCUT2D eigenvalue weighted by molar-refractivity contribution is 14.1. The molecule has 0 radical (unpaired) electrons. The van der Waals surface area contributed by atoms with Crippen molar-refractivity contribution in [1.29, 1.82) is 0 Å². The van der Waals surface area contributed by atoms with Crippen molar-refractivity contribution in [3.63, 3.8) is 0 Å². The van der Waals surface area contributed by atoms with Crippen molar-refractivity contribution in [1.82, 2.24) is 42.1 Å². The Morgan fingerprint density at radius 1 is 0.412 bits per heavy atom. The van der Waals surface area contributed by atoms with Crippen molar-refractivity contribution < 1.29 is 113 Å². The molecule has 0 spiro atoms. The number of aliphatic carboxylic acids is 3. The molecule has 0 aliphatic carbocycles. The van der Waals surface area contributed by atoms with Crippen LogP contribution >= 0.6 is 136 Å². The van der Waals surface area contributed by atoms with Crippen LogP contribution in [0.1, 0.15) is 41.4 Å². The van der Waals surface area contributed by atoms with Crippen molar-refractivity contribution in [2.24, 2.45) is 0 Å². The van der Waals surface area contributed by atoms with Crippen LogP contribution in [0.3, 0.4) is 0 Å². The Balaban J connectivity index is 2.45. The number of anilines is 2. The number of hydrogen-bond donors (Lipinski definition) is 20. The van der Waals surface area contributed by atoms with Gasteiger partial charge in [-0.15, -0.1) is 0 Å². The lowest BCUT2D eigenvalue weighted by Crippen LogP contribution is -2.61. The third-order valence-corrected chi connectivity index (χ3v) is 17.9. The molecule has 5 atom stereocenters. The first-order valence-corrected chi connectivity index (χ1v) is 31.1. The summed E-state index contributed by atoms with van der Waals surface area (Å²) in [6, 6.07) is 0. The van der Waals surface area contributed by atoms with E-state index >= 15 is 0 Å². The molecule has 8 amide bonds. The van der Waals surface area contributed by atoms with E-state index in [4.69, 9.17) is 0 Å². The van der Waals surface area contributed by atoms with Crippen LogP contribution in [0, 0.1) is 21.4 Å². The Bertz CT molecular complexity index is 2680. The molecule has 85 heavy (non-hydrogen) atoms. The number of aliphatic hydroxyl groups excluding tert-OH is 8. The van der Waals surface area contributed by atoms with Crippen LogP contribution in [0.25, 0.3) is 0 Å². The van der Waals surface area contributed by atoms with Crippen molar-refractivity contribution in [2.75, 3.05) is 135 Å². The molecule has 2 rings (SSSR count). The monoisotopic (exact) mass is 1880 g/mol. The first-order valence-electron chi connectivity index (χ1n) is 24.6. The summed E-state index contributed by atoms with van der Waals surface area (Å²) in [6.07, 6.45) is -5.44. The average molecular weight is 1880 g/mol. The largest absolute Gasteiger partial charge is 0.480 e. The minimum Gasteiger partial charge on any atom is -0.480 e. The van der Waals surface area contributed by atoms with Gasteiger partial charge in [-0.2, -0.15) is 0 Å². The number of halogens is 6. The molecule has 0 aromatic heterocycles. The van der Waals surface area contributed by atoms with Gasteiger partial charge in [0.05, 0.1) is 145 Å². The van der Waals surface area contributed by atoms with E-state index < -0.39 is 206 Å². The van der Waals surface area contributed by atoms with Gasteiger partial charge in [0.2, 0.25) is 17.7 Å². The fourth-order valence-corrected chi connectivity index (χ4v) is 16.0. The van der Waals surface area contributed by atoms with Crippen LogP contribution < -0.4 is 47.9 Å². The number of quaternary nitrogens is 1. The normalized spacial score (nSPS) is 13.3. The summed E-state index contributed by atoms with van der Waals surface area (Å²) in [7, 11) is 0. The van der Waals surface area contributed by atoms with Gasteiger partial charge < -0.3 is 109 Å². The van der Waals surface area contributed by atoms with Crippen LogP contribution in [-0.4, -0.2) is 280 Å². The van der Waals surface area contributed by atoms with Gasteiger partial charge in [-0.05, 0) is 136 Å². The van der Waals surface area contributed by atoms with Gasteiger partial charge in [0.25, 0.3) is 29.5 Å². The molecule has 474 valence electrons. The second-order valence-electron chi connectivity index (χ2n) is 18.1. The van der Waals surface area contributed by atoms with E-state index in [0.29, 0.717) is 0 Å². The highest BCUT2D eigenvalue weighted by Gasteiger charge is 2.36. The predicted molar refractivity (Wildman–Crippen MR) is 346 cm³/mol. The number of carbonyl (C=O) groups excluding carboxylic acids is 8. The number of carbonyl (C=O) groups is 11. The standard InChI is InChI=1S/C46H61I6N11O22/c47-35-31(43(82)56-5-20(68)16-64)37(49)41(38(50)32(35)44(83)57-6-21(69)17-65)60-24(72)9-54-26(74)12-62(13-29(78)79)2-4-63(15-30(80)81,3-1-53-11-28(76)77)14-27(75)55-10-25(73)61-42-39(51)33(45(84)58-7-22(70)18-66)36(48)34(40(42)52)46(85)59-8-23(71)19-67/h20-23,53,64-71H,1-19H2,(H10-,54,55,56,57,58,59,60,61,72,73,74,75,76,77,78,79,80,81,82,83,84,85)/p+1. The molecule has 0 bridgehead atoms. The zero-order chi connectivity index (χ0) is 64.5. The summed E-state index contributed by atoms with van der Waals surface area (Å²) >= 11 is 10.3. The predicted octanol–water partition coefficient (Wildman–Crippen LogP) is -5.58. The zero-order valence-electron chi connectivity index (χ0n) is 44.3. The molecule has 2 aromatic rings. The van der Waals surface area contributed by atoms with E-state index in [2.05, 4.69) is 47.9 Å². The van der Waals surface area contributed by atoms with Crippen LogP contribution in [-0.2, 0) is 33.6 Å². The molecule has 0 aliphatic rings. The number of aliphatic hydroxyl groups is 8. The summed E-state index contributed by atoms with van der Waals surface area (Å²) in [5.74, 6) is -11.4. The van der Waals surface area contributed by atoms with Gasteiger partial charge >= 0.3 is 17.9 Å². The molecule has 0 saturated carbocycles. The lowest BCUT2D eigenvalue weighted by Gasteiger charge is -2.38. The van der Waals surface area contributed by atoms with E-state index in [1.807, 2.05) is 0 Å². The Hall–Kier alpha value is -3.45. The Morgan fingerprint density at radius 2 is 0.765 bits per heavy atom. The summed E-state index contributed by atoms with van der Waals surface area (Å²) in [5, 5.41) is 128. The maximum absolute atomic E-state index is 13.8. The van der Waals surface area contributed by atoms with Crippen molar-refractivity contribution >= 4 is 212 Å². The molecule has 5 unspecified atom stereocenters. The highest BCUT2D eigenvalue weighted by atomic mass is 127. The first-order chi connectivity index (χ1) is 39.9. The fourth-order valence-electron chi connectivity index (χ4n) is 7.18. The number of carboxylic acids is 3. The van der Waals surface area contributed by atoms with Crippen molar-refractivity contribution in [2.45, 2.75) is 24.4 Å². The molecule has 0 aliphatic heterocycles. The summed E-state index contributed by atoms with van der Waals surface area (Å²) < 4.78 is -0.315. The van der Waals surface area contributed by atoms with Crippen LogP contribution in [0.5, 0.6) is 0 Å². The topological polar surface area (TPSA) is 522 Å². The second-order valence-corrected chi connectivity index (χ2v) is 24.6. The van der Waals surface area contributed by atoms with E-state index in [9.17, 15) is 109 Å². The fraction of sp³-hybridized carbons (Fsp3) is 0.500. The van der Waals surface area contributed by atoms with Gasteiger partial charge in [-0.3, -0.25) is 52.8 Å². The Kier molecular flexibility index (Phi) is 35.5. The maximum Gasteiger partial charge on any atom is 0.359 e. The number of carboxylic acid groups (broad SMARTS) is 3. The second kappa shape index (κ2) is 38.8. The van der Waals surface area contributed by atoms with Gasteiger partial charge in [-0.25, -0.2) is 4.79 Å². The van der Waals surface area contributed by atoms with Gasteiger partial charge in [-0.1, -0.05) is 0 Å². The molecule has 0 saturated heterocycles. The van der Waals surface area contributed by atoms with Crippen molar-refractivity contribution in [3.8, 4) is 0 Å². The third-order valence-electron chi connectivity index (χ3n) is 11.4. The van der Waals surface area contributed by atoms with E-state index in [1.54, 1.807) is 136 Å². The maximum atomic E-state index is 13.8. The van der Waals surface area contributed by atoms with Gasteiger partial charge in [0.15, 0.2) is 13.1 Å².